The number of carbonyl (C=O) groups is 2. The first-order chi connectivity index (χ1) is 11.1. The summed E-state index contributed by atoms with van der Waals surface area (Å²) < 4.78 is 0.731. The Morgan fingerprint density at radius 2 is 1.91 bits per heavy atom. The molecule has 2 aromatic carbocycles. The maximum Gasteiger partial charge on any atom is 0.252 e. The van der Waals surface area contributed by atoms with E-state index in [2.05, 4.69) is 26.6 Å². The summed E-state index contributed by atoms with van der Waals surface area (Å²) in [5, 5.41) is 13.9. The van der Waals surface area contributed by atoms with E-state index < -0.39 is 0 Å². The molecule has 5 nitrogen and oxygen atoms in total. The first kappa shape index (κ1) is 16.7. The minimum Gasteiger partial charge on any atom is -0.348 e. The summed E-state index contributed by atoms with van der Waals surface area (Å²) in [6.45, 7) is 0.335. The van der Waals surface area contributed by atoms with Crippen molar-refractivity contribution in [3.05, 3.63) is 64.1 Å². The highest BCUT2D eigenvalue weighted by atomic mass is 79.9. The predicted octanol–water partition coefficient (Wildman–Crippen LogP) is 3.23. The van der Waals surface area contributed by atoms with E-state index in [9.17, 15) is 9.59 Å². The van der Waals surface area contributed by atoms with Gasteiger partial charge in [-0.3, -0.25) is 9.59 Å². The van der Waals surface area contributed by atoms with E-state index in [0.29, 0.717) is 17.8 Å². The lowest BCUT2D eigenvalue weighted by molar-refractivity contribution is -0.115. The van der Waals surface area contributed by atoms with Gasteiger partial charge in [0.1, 0.15) is 6.42 Å². The highest BCUT2D eigenvalue weighted by Gasteiger charge is 2.09. The standard InChI is InChI=1S/C17H14BrN3O2/c18-15-7-2-1-6-14(15)17(23)20-11-12-4-3-5-13(10-12)21-16(22)8-9-19/h1-7,10H,8,11H2,(H,20,23)(H,21,22). The normalized spacial score (nSPS) is 9.74. The fourth-order valence-corrected chi connectivity index (χ4v) is 2.42. The van der Waals surface area contributed by atoms with Crippen LogP contribution in [0.2, 0.25) is 0 Å². The molecule has 116 valence electrons. The van der Waals surface area contributed by atoms with E-state index in [1.54, 1.807) is 42.5 Å². The number of amides is 2. The minimum atomic E-state index is -0.359. The summed E-state index contributed by atoms with van der Waals surface area (Å²) >= 11 is 3.34. The minimum absolute atomic E-state index is 0.184. The summed E-state index contributed by atoms with van der Waals surface area (Å²) in [5.74, 6) is -0.543. The molecule has 23 heavy (non-hydrogen) atoms. The molecule has 0 heterocycles. The predicted molar refractivity (Wildman–Crippen MR) is 90.6 cm³/mol. The van der Waals surface area contributed by atoms with Crippen LogP contribution in [0.1, 0.15) is 22.3 Å². The monoisotopic (exact) mass is 371 g/mol. The van der Waals surface area contributed by atoms with Crippen LogP contribution in [0.3, 0.4) is 0 Å². The Labute approximate surface area is 142 Å². The zero-order valence-electron chi connectivity index (χ0n) is 12.2. The number of nitrogens with one attached hydrogen (secondary N) is 2. The van der Waals surface area contributed by atoms with E-state index in [1.165, 1.54) is 0 Å². The van der Waals surface area contributed by atoms with Crippen molar-refractivity contribution in [3.8, 4) is 6.07 Å². The maximum atomic E-state index is 12.1. The molecule has 0 aliphatic heterocycles. The number of nitriles is 1. The van der Waals surface area contributed by atoms with Gasteiger partial charge in [0.25, 0.3) is 5.91 Å². The van der Waals surface area contributed by atoms with Crippen LogP contribution in [-0.4, -0.2) is 11.8 Å². The van der Waals surface area contributed by atoms with Crippen LogP contribution in [0.15, 0.2) is 53.0 Å². The second-order valence-electron chi connectivity index (χ2n) is 4.75. The van der Waals surface area contributed by atoms with Gasteiger partial charge >= 0.3 is 0 Å². The fraction of sp³-hybridized carbons (Fsp3) is 0.118. The zero-order chi connectivity index (χ0) is 16.7. The first-order valence-corrected chi connectivity index (χ1v) is 7.68. The van der Waals surface area contributed by atoms with E-state index >= 15 is 0 Å². The number of carbonyl (C=O) groups excluding carboxylic acids is 2. The van der Waals surface area contributed by atoms with Gasteiger partial charge in [0, 0.05) is 16.7 Å². The van der Waals surface area contributed by atoms with Crippen LogP contribution < -0.4 is 10.6 Å². The van der Waals surface area contributed by atoms with Crippen molar-refractivity contribution in [2.75, 3.05) is 5.32 Å². The Balaban J connectivity index is 1.98. The van der Waals surface area contributed by atoms with Crippen LogP contribution in [0.25, 0.3) is 0 Å². The molecule has 0 aliphatic carbocycles. The number of hydrogen-bond acceptors (Lipinski definition) is 3. The molecule has 2 aromatic rings. The van der Waals surface area contributed by atoms with Gasteiger partial charge in [0.15, 0.2) is 0 Å². The van der Waals surface area contributed by atoms with Crippen LogP contribution in [0, 0.1) is 11.3 Å². The van der Waals surface area contributed by atoms with Gasteiger partial charge in [-0.15, -0.1) is 0 Å². The lowest BCUT2D eigenvalue weighted by atomic mass is 10.1. The van der Waals surface area contributed by atoms with Crippen molar-refractivity contribution >= 4 is 33.4 Å². The van der Waals surface area contributed by atoms with Gasteiger partial charge in [-0.1, -0.05) is 24.3 Å². The van der Waals surface area contributed by atoms with Gasteiger partial charge in [-0.2, -0.15) is 5.26 Å². The SMILES string of the molecule is N#CCC(=O)Nc1cccc(CNC(=O)c2ccccc2Br)c1. The van der Waals surface area contributed by atoms with Crippen LogP contribution in [-0.2, 0) is 11.3 Å². The molecule has 0 spiro atoms. The maximum absolute atomic E-state index is 12.1. The van der Waals surface area contributed by atoms with Crippen LogP contribution in [0.4, 0.5) is 5.69 Å². The van der Waals surface area contributed by atoms with Crippen molar-refractivity contribution in [2.24, 2.45) is 0 Å². The van der Waals surface area contributed by atoms with Crippen molar-refractivity contribution in [1.82, 2.24) is 5.32 Å². The molecule has 0 saturated carbocycles. The molecule has 0 atom stereocenters. The summed E-state index contributed by atoms with van der Waals surface area (Å²) in [5.41, 5.74) is 2.00. The Morgan fingerprint density at radius 3 is 2.65 bits per heavy atom. The molecule has 2 rings (SSSR count). The Bertz CT molecular complexity index is 768. The molecule has 0 saturated heterocycles. The average Bonchev–Trinajstić information content (AvgIpc) is 2.53. The topological polar surface area (TPSA) is 82.0 Å². The largest absolute Gasteiger partial charge is 0.348 e. The number of rotatable bonds is 5. The van der Waals surface area contributed by atoms with Crippen LogP contribution in [0.5, 0.6) is 0 Å². The highest BCUT2D eigenvalue weighted by Crippen LogP contribution is 2.16. The van der Waals surface area contributed by atoms with Gasteiger partial charge < -0.3 is 10.6 Å². The molecular formula is C17H14BrN3O2. The number of benzene rings is 2. The van der Waals surface area contributed by atoms with E-state index in [-0.39, 0.29) is 18.2 Å². The second kappa shape index (κ2) is 8.11. The Kier molecular flexibility index (Phi) is 5.89. The molecular weight excluding hydrogens is 358 g/mol. The molecule has 0 aliphatic rings. The Hall–Kier alpha value is -2.65. The molecule has 0 radical (unpaired) electrons. The van der Waals surface area contributed by atoms with Gasteiger partial charge in [-0.05, 0) is 45.8 Å². The summed E-state index contributed by atoms with van der Waals surface area (Å²) in [6, 6.07) is 16.1. The molecule has 0 fully saturated rings. The Morgan fingerprint density at radius 1 is 1.13 bits per heavy atom. The third-order valence-corrected chi connectivity index (χ3v) is 3.71. The van der Waals surface area contributed by atoms with Crippen molar-refractivity contribution in [2.45, 2.75) is 13.0 Å². The fourth-order valence-electron chi connectivity index (χ4n) is 1.96. The first-order valence-electron chi connectivity index (χ1n) is 6.88. The molecule has 6 heteroatoms. The molecule has 0 unspecified atom stereocenters. The summed E-state index contributed by atoms with van der Waals surface area (Å²) in [4.78, 5) is 23.5. The zero-order valence-corrected chi connectivity index (χ0v) is 13.8. The van der Waals surface area contributed by atoms with Crippen molar-refractivity contribution in [1.29, 1.82) is 5.26 Å². The van der Waals surface area contributed by atoms with E-state index in [4.69, 9.17) is 5.26 Å². The third kappa shape index (κ3) is 4.94. The third-order valence-electron chi connectivity index (χ3n) is 3.02. The van der Waals surface area contributed by atoms with E-state index in [0.717, 1.165) is 10.0 Å². The second-order valence-corrected chi connectivity index (χ2v) is 5.60. The van der Waals surface area contributed by atoms with Crippen molar-refractivity contribution in [3.63, 3.8) is 0 Å². The average molecular weight is 372 g/mol. The van der Waals surface area contributed by atoms with E-state index in [1.807, 2.05) is 12.1 Å². The summed E-state index contributed by atoms with van der Waals surface area (Å²) in [6.07, 6.45) is -0.191. The van der Waals surface area contributed by atoms with Gasteiger partial charge in [0.05, 0.1) is 11.6 Å². The van der Waals surface area contributed by atoms with Crippen molar-refractivity contribution < 1.29 is 9.59 Å². The molecule has 2 amide bonds. The summed E-state index contributed by atoms with van der Waals surface area (Å²) in [7, 11) is 0. The number of hydrogen-bond donors (Lipinski definition) is 2. The molecule has 2 N–H and O–H groups in total. The van der Waals surface area contributed by atoms with Gasteiger partial charge in [-0.25, -0.2) is 0 Å². The lowest BCUT2D eigenvalue weighted by Gasteiger charge is -2.09. The number of halogens is 1. The van der Waals surface area contributed by atoms with Gasteiger partial charge in [0.2, 0.25) is 5.91 Å². The molecule has 0 bridgehead atoms. The number of anilines is 1. The number of nitrogens with zero attached hydrogens (tertiary/aromatic N) is 1. The highest BCUT2D eigenvalue weighted by molar-refractivity contribution is 9.10. The quantitative estimate of drug-likeness (QED) is 0.846. The smallest absolute Gasteiger partial charge is 0.252 e. The lowest BCUT2D eigenvalue weighted by Crippen LogP contribution is -2.23. The molecule has 0 aromatic heterocycles. The van der Waals surface area contributed by atoms with Crippen LogP contribution >= 0.6 is 15.9 Å².